The molecule has 0 amide bonds. The molecule has 0 atom stereocenters. The van der Waals surface area contributed by atoms with Crippen LogP contribution in [0.5, 0.6) is 5.75 Å². The minimum Gasteiger partial charge on any atom is -0.497 e. The van der Waals surface area contributed by atoms with E-state index in [2.05, 4.69) is 27.6 Å². The lowest BCUT2D eigenvalue weighted by Crippen LogP contribution is -2.45. The Morgan fingerprint density at radius 1 is 0.917 bits per heavy atom. The Balaban J connectivity index is 1.84. The van der Waals surface area contributed by atoms with Crippen LogP contribution >= 0.6 is 24.4 Å². The van der Waals surface area contributed by atoms with E-state index in [0.717, 1.165) is 28.3 Å². The topological polar surface area (TPSA) is 57.4 Å². The molecule has 0 aliphatic rings. The lowest BCUT2D eigenvalue weighted by atomic mass is 10.1. The Morgan fingerprint density at radius 3 is 2.33 bits per heavy atom. The van der Waals surface area contributed by atoms with Crippen LogP contribution in [-0.4, -0.2) is 17.3 Å². The molecule has 0 spiro atoms. The molecule has 0 aromatic heterocycles. The SMILES string of the molecule is COc1cccc(NC(=S)NNC(=S)Nc2cc(C)ccc2C)c1. The van der Waals surface area contributed by atoms with Crippen LogP contribution in [0.4, 0.5) is 11.4 Å². The third kappa shape index (κ3) is 5.36. The molecule has 7 heteroatoms. The maximum absolute atomic E-state index is 5.27. The summed E-state index contributed by atoms with van der Waals surface area (Å²) in [5.74, 6) is 0.753. The highest BCUT2D eigenvalue weighted by Crippen LogP contribution is 2.17. The highest BCUT2D eigenvalue weighted by atomic mass is 32.1. The van der Waals surface area contributed by atoms with Crippen LogP contribution in [0.1, 0.15) is 11.1 Å². The van der Waals surface area contributed by atoms with Gasteiger partial charge in [0.15, 0.2) is 10.2 Å². The summed E-state index contributed by atoms with van der Waals surface area (Å²) >= 11 is 10.5. The van der Waals surface area contributed by atoms with Crippen molar-refractivity contribution in [3.05, 3.63) is 53.6 Å². The summed E-state index contributed by atoms with van der Waals surface area (Å²) < 4.78 is 5.17. The summed E-state index contributed by atoms with van der Waals surface area (Å²) in [6, 6.07) is 13.6. The fraction of sp³-hybridized carbons (Fsp3) is 0.176. The standard InChI is InChI=1S/C17H20N4OS2/c1-11-7-8-12(2)15(9-11)19-17(24)21-20-16(23)18-13-5-4-6-14(10-13)22-3/h4-10H,1-3H3,(H2,18,20,23)(H2,19,21,24). The van der Waals surface area contributed by atoms with Gasteiger partial charge in [0.2, 0.25) is 0 Å². The van der Waals surface area contributed by atoms with Crippen molar-refractivity contribution in [3.8, 4) is 5.75 Å². The molecule has 0 aliphatic carbocycles. The lowest BCUT2D eigenvalue weighted by molar-refractivity contribution is 0.415. The number of hydrogen-bond acceptors (Lipinski definition) is 3. The minimum atomic E-state index is 0.397. The Labute approximate surface area is 152 Å². The van der Waals surface area contributed by atoms with Crippen molar-refractivity contribution in [1.29, 1.82) is 0 Å². The number of methoxy groups -OCH3 is 1. The first-order chi connectivity index (χ1) is 11.5. The molecule has 0 heterocycles. The van der Waals surface area contributed by atoms with E-state index in [4.69, 9.17) is 29.2 Å². The van der Waals surface area contributed by atoms with Crippen LogP contribution in [0.15, 0.2) is 42.5 Å². The molecule has 0 fully saturated rings. The molecule has 4 N–H and O–H groups in total. The first kappa shape index (κ1) is 18.0. The molecule has 0 saturated carbocycles. The smallest absolute Gasteiger partial charge is 0.189 e. The van der Waals surface area contributed by atoms with Crippen LogP contribution in [0, 0.1) is 13.8 Å². The van der Waals surface area contributed by atoms with Crippen LogP contribution in [0.2, 0.25) is 0 Å². The summed E-state index contributed by atoms with van der Waals surface area (Å²) in [7, 11) is 1.62. The molecule has 0 aliphatic heterocycles. The number of hydrazine groups is 1. The second-order valence-corrected chi connectivity index (χ2v) is 6.03. The number of aryl methyl sites for hydroxylation is 2. The van der Waals surface area contributed by atoms with Crippen molar-refractivity contribution in [3.63, 3.8) is 0 Å². The van der Waals surface area contributed by atoms with Gasteiger partial charge >= 0.3 is 0 Å². The molecule has 2 aromatic carbocycles. The van der Waals surface area contributed by atoms with Crippen molar-refractivity contribution in [2.75, 3.05) is 17.7 Å². The van der Waals surface area contributed by atoms with Crippen LogP contribution in [-0.2, 0) is 0 Å². The van der Waals surface area contributed by atoms with Crippen LogP contribution < -0.4 is 26.2 Å². The largest absolute Gasteiger partial charge is 0.497 e. The maximum atomic E-state index is 5.27. The normalized spacial score (nSPS) is 9.79. The number of nitrogens with one attached hydrogen (secondary N) is 4. The number of rotatable bonds is 3. The fourth-order valence-electron chi connectivity index (χ4n) is 2.00. The first-order valence-electron chi connectivity index (χ1n) is 7.33. The average Bonchev–Trinajstić information content (AvgIpc) is 2.56. The second-order valence-electron chi connectivity index (χ2n) is 5.21. The van der Waals surface area contributed by atoms with Gasteiger partial charge in [-0.25, -0.2) is 0 Å². The maximum Gasteiger partial charge on any atom is 0.189 e. The van der Waals surface area contributed by atoms with Gasteiger partial charge in [-0.1, -0.05) is 18.2 Å². The van der Waals surface area contributed by atoms with Gasteiger partial charge in [-0.15, -0.1) is 0 Å². The number of thiocarbonyl (C=S) groups is 2. The van der Waals surface area contributed by atoms with E-state index in [1.807, 2.05) is 50.2 Å². The predicted octanol–water partition coefficient (Wildman–Crippen LogP) is 3.50. The van der Waals surface area contributed by atoms with Gasteiger partial charge in [0.25, 0.3) is 0 Å². The van der Waals surface area contributed by atoms with Crippen molar-refractivity contribution in [2.45, 2.75) is 13.8 Å². The van der Waals surface area contributed by atoms with E-state index in [9.17, 15) is 0 Å². The number of benzene rings is 2. The summed E-state index contributed by atoms with van der Waals surface area (Å²) in [6.45, 7) is 4.05. The molecule has 5 nitrogen and oxygen atoms in total. The molecule has 126 valence electrons. The van der Waals surface area contributed by atoms with Crippen molar-refractivity contribution in [1.82, 2.24) is 10.9 Å². The second kappa shape index (κ2) is 8.47. The zero-order valence-corrected chi connectivity index (χ0v) is 15.4. The average molecular weight is 361 g/mol. The number of anilines is 2. The van der Waals surface area contributed by atoms with E-state index in [1.165, 1.54) is 0 Å². The van der Waals surface area contributed by atoms with Gasteiger partial charge in [-0.05, 0) is 67.6 Å². The zero-order valence-electron chi connectivity index (χ0n) is 13.8. The predicted molar refractivity (Wildman–Crippen MR) is 108 cm³/mol. The minimum absolute atomic E-state index is 0.397. The van der Waals surface area contributed by atoms with Crippen molar-refractivity contribution in [2.24, 2.45) is 0 Å². The van der Waals surface area contributed by atoms with Crippen molar-refractivity contribution >= 4 is 46.0 Å². The Kier molecular flexibility index (Phi) is 6.34. The lowest BCUT2D eigenvalue weighted by Gasteiger charge is -2.16. The third-order valence-corrected chi connectivity index (χ3v) is 3.67. The molecule has 2 rings (SSSR count). The van der Waals surface area contributed by atoms with Gasteiger partial charge in [0.1, 0.15) is 5.75 Å². The van der Waals surface area contributed by atoms with Gasteiger partial charge in [-0.3, -0.25) is 10.9 Å². The molecule has 2 aromatic rings. The molecular weight excluding hydrogens is 340 g/mol. The fourth-order valence-corrected chi connectivity index (χ4v) is 2.33. The first-order valence-corrected chi connectivity index (χ1v) is 8.15. The molecule has 24 heavy (non-hydrogen) atoms. The van der Waals surface area contributed by atoms with Gasteiger partial charge in [0, 0.05) is 17.4 Å². The van der Waals surface area contributed by atoms with E-state index >= 15 is 0 Å². The monoisotopic (exact) mass is 360 g/mol. The Bertz CT molecular complexity index is 749. The van der Waals surface area contributed by atoms with E-state index in [0.29, 0.717) is 10.2 Å². The molecule has 0 bridgehead atoms. The molecular formula is C17H20N4OS2. The van der Waals surface area contributed by atoms with E-state index in [1.54, 1.807) is 7.11 Å². The van der Waals surface area contributed by atoms with E-state index in [-0.39, 0.29) is 0 Å². The van der Waals surface area contributed by atoms with Gasteiger partial charge in [0.05, 0.1) is 7.11 Å². The highest BCUT2D eigenvalue weighted by Gasteiger charge is 2.03. The summed E-state index contributed by atoms with van der Waals surface area (Å²) in [4.78, 5) is 0. The van der Waals surface area contributed by atoms with Gasteiger partial charge < -0.3 is 15.4 Å². The van der Waals surface area contributed by atoms with E-state index < -0.39 is 0 Å². The quantitative estimate of drug-likeness (QED) is 0.494. The van der Waals surface area contributed by atoms with Crippen LogP contribution in [0.3, 0.4) is 0 Å². The molecule has 0 unspecified atom stereocenters. The number of hydrogen-bond donors (Lipinski definition) is 4. The molecule has 0 radical (unpaired) electrons. The summed E-state index contributed by atoms with van der Waals surface area (Å²) in [6.07, 6.45) is 0. The van der Waals surface area contributed by atoms with Crippen molar-refractivity contribution < 1.29 is 4.74 Å². The molecule has 0 saturated heterocycles. The number of ether oxygens (including phenoxy) is 1. The summed E-state index contributed by atoms with van der Waals surface area (Å²) in [5, 5.41) is 7.01. The zero-order chi connectivity index (χ0) is 17.5. The Hall–Kier alpha value is -2.38. The Morgan fingerprint density at radius 2 is 1.62 bits per heavy atom. The third-order valence-electron chi connectivity index (χ3n) is 3.26. The van der Waals surface area contributed by atoms with Crippen LogP contribution in [0.25, 0.3) is 0 Å². The van der Waals surface area contributed by atoms with Gasteiger partial charge in [-0.2, -0.15) is 0 Å². The summed E-state index contributed by atoms with van der Waals surface area (Å²) in [5.41, 5.74) is 9.76. The highest BCUT2D eigenvalue weighted by molar-refractivity contribution is 7.81.